The molecule has 0 aliphatic rings. The lowest BCUT2D eigenvalue weighted by Gasteiger charge is -2.09. The van der Waals surface area contributed by atoms with Crippen molar-refractivity contribution >= 4 is 17.5 Å². The number of benzene rings is 1. The van der Waals surface area contributed by atoms with Crippen molar-refractivity contribution in [1.29, 1.82) is 0 Å². The number of nitrogens with zero attached hydrogens (tertiary/aromatic N) is 4. The van der Waals surface area contributed by atoms with E-state index in [1.807, 2.05) is 50.2 Å². The molecule has 2 heterocycles. The van der Waals surface area contributed by atoms with E-state index in [0.717, 1.165) is 35.6 Å². The second-order valence-electron chi connectivity index (χ2n) is 6.30. The third-order valence-corrected chi connectivity index (χ3v) is 5.28. The Labute approximate surface area is 163 Å². The summed E-state index contributed by atoms with van der Waals surface area (Å²) in [7, 11) is 1.70. The molecule has 0 aliphatic heterocycles. The number of para-hydroxylation sites is 1. The molecule has 0 fully saturated rings. The Kier molecular flexibility index (Phi) is 6.47. The minimum Gasteiger partial charge on any atom is -0.385 e. The van der Waals surface area contributed by atoms with Gasteiger partial charge in [0.2, 0.25) is 5.16 Å². The first-order valence-electron chi connectivity index (χ1n) is 8.89. The number of Topliss-reactive ketones (excluding diaryl/α,β-unsaturated/α-hetero) is 1. The molecule has 0 saturated heterocycles. The minimum atomic E-state index is 0.0992. The van der Waals surface area contributed by atoms with Crippen LogP contribution in [0.15, 0.2) is 47.9 Å². The highest BCUT2D eigenvalue weighted by Crippen LogP contribution is 2.20. The van der Waals surface area contributed by atoms with Gasteiger partial charge in [-0.3, -0.25) is 4.79 Å². The first kappa shape index (κ1) is 19.4. The lowest BCUT2D eigenvalue weighted by Crippen LogP contribution is -2.08. The van der Waals surface area contributed by atoms with Crippen LogP contribution in [0.25, 0.3) is 5.69 Å². The Morgan fingerprint density at radius 3 is 2.74 bits per heavy atom. The third-order valence-electron chi connectivity index (χ3n) is 4.43. The van der Waals surface area contributed by atoms with Gasteiger partial charge in [-0.2, -0.15) is 0 Å². The molecule has 0 saturated carbocycles. The average molecular weight is 385 g/mol. The normalized spacial score (nSPS) is 11.1. The number of carbonyl (C=O) groups is 1. The number of hydrogen-bond acceptors (Lipinski definition) is 5. The van der Waals surface area contributed by atoms with Crippen molar-refractivity contribution < 1.29 is 9.53 Å². The van der Waals surface area contributed by atoms with Crippen molar-refractivity contribution in [1.82, 2.24) is 19.3 Å². The molecule has 27 heavy (non-hydrogen) atoms. The molecular formula is C20H24N4O2S. The van der Waals surface area contributed by atoms with Crippen LogP contribution in [0.2, 0.25) is 0 Å². The van der Waals surface area contributed by atoms with E-state index in [4.69, 9.17) is 4.74 Å². The van der Waals surface area contributed by atoms with Crippen molar-refractivity contribution in [2.75, 3.05) is 19.5 Å². The van der Waals surface area contributed by atoms with Crippen molar-refractivity contribution in [3.63, 3.8) is 0 Å². The van der Waals surface area contributed by atoms with Gasteiger partial charge in [-0.25, -0.2) is 9.67 Å². The fourth-order valence-electron chi connectivity index (χ4n) is 3.02. The van der Waals surface area contributed by atoms with Gasteiger partial charge in [-0.05, 0) is 38.5 Å². The Morgan fingerprint density at radius 2 is 2.00 bits per heavy atom. The van der Waals surface area contributed by atoms with Gasteiger partial charge in [0.25, 0.3) is 0 Å². The van der Waals surface area contributed by atoms with Crippen LogP contribution in [-0.2, 0) is 11.3 Å². The molecule has 0 amide bonds. The monoisotopic (exact) mass is 384 g/mol. The molecule has 0 aliphatic carbocycles. The fourth-order valence-corrected chi connectivity index (χ4v) is 3.70. The van der Waals surface area contributed by atoms with Gasteiger partial charge >= 0.3 is 0 Å². The summed E-state index contributed by atoms with van der Waals surface area (Å²) in [5.41, 5.74) is 3.84. The van der Waals surface area contributed by atoms with Crippen LogP contribution in [0.4, 0.5) is 0 Å². The maximum absolute atomic E-state index is 12.7. The molecule has 6 nitrogen and oxygen atoms in total. The highest BCUT2D eigenvalue weighted by atomic mass is 32.2. The summed E-state index contributed by atoms with van der Waals surface area (Å²) >= 11 is 1.36. The second kappa shape index (κ2) is 9.01. The van der Waals surface area contributed by atoms with Gasteiger partial charge in [0.05, 0.1) is 11.4 Å². The molecular weight excluding hydrogens is 360 g/mol. The van der Waals surface area contributed by atoms with Gasteiger partial charge in [-0.15, -0.1) is 5.10 Å². The second-order valence-corrected chi connectivity index (χ2v) is 7.24. The highest BCUT2D eigenvalue weighted by molar-refractivity contribution is 7.99. The molecule has 0 N–H and O–H groups in total. The quantitative estimate of drug-likeness (QED) is 0.320. The zero-order chi connectivity index (χ0) is 19.2. The zero-order valence-electron chi connectivity index (χ0n) is 15.9. The van der Waals surface area contributed by atoms with E-state index in [2.05, 4.69) is 14.6 Å². The number of methoxy groups -OCH3 is 1. The third kappa shape index (κ3) is 4.67. The number of thioether (sulfide) groups is 1. The van der Waals surface area contributed by atoms with E-state index in [-0.39, 0.29) is 5.78 Å². The largest absolute Gasteiger partial charge is 0.385 e. The Balaban J connectivity index is 1.63. The van der Waals surface area contributed by atoms with E-state index in [1.165, 1.54) is 11.8 Å². The van der Waals surface area contributed by atoms with E-state index in [9.17, 15) is 4.79 Å². The molecule has 7 heteroatoms. The van der Waals surface area contributed by atoms with Crippen LogP contribution < -0.4 is 0 Å². The molecule has 0 spiro atoms. The summed E-state index contributed by atoms with van der Waals surface area (Å²) in [5.74, 6) is 0.420. The number of aryl methyl sites for hydroxylation is 1. The van der Waals surface area contributed by atoms with Crippen LogP contribution in [0, 0.1) is 13.8 Å². The van der Waals surface area contributed by atoms with Crippen LogP contribution >= 0.6 is 11.8 Å². The topological polar surface area (TPSA) is 61.9 Å². The first-order chi connectivity index (χ1) is 13.1. The van der Waals surface area contributed by atoms with Crippen LogP contribution in [0.1, 0.15) is 28.2 Å². The standard InChI is InChI=1S/C20H24N4O2S/c1-15-12-18(16(2)23(15)10-7-11-26-3)19(25)13-27-20-21-14-24(22-20)17-8-5-4-6-9-17/h4-6,8-9,12,14H,7,10-11,13H2,1-3H3. The molecule has 0 bridgehead atoms. The van der Waals surface area contributed by atoms with E-state index in [1.54, 1.807) is 18.1 Å². The summed E-state index contributed by atoms with van der Waals surface area (Å²) in [6.07, 6.45) is 2.60. The number of aromatic nitrogens is 4. The predicted molar refractivity (Wildman–Crippen MR) is 107 cm³/mol. The zero-order valence-corrected chi connectivity index (χ0v) is 16.7. The molecule has 1 aromatic carbocycles. The molecule has 0 radical (unpaired) electrons. The summed E-state index contributed by atoms with van der Waals surface area (Å²) in [4.78, 5) is 17.0. The van der Waals surface area contributed by atoms with E-state index < -0.39 is 0 Å². The van der Waals surface area contributed by atoms with Crippen molar-refractivity contribution in [3.05, 3.63) is 59.7 Å². The Morgan fingerprint density at radius 1 is 1.22 bits per heavy atom. The van der Waals surface area contributed by atoms with Crippen molar-refractivity contribution in [2.45, 2.75) is 32.0 Å². The Bertz CT molecular complexity index is 902. The molecule has 0 atom stereocenters. The van der Waals surface area contributed by atoms with Crippen LogP contribution in [0.3, 0.4) is 0 Å². The summed E-state index contributed by atoms with van der Waals surface area (Å²) in [5, 5.41) is 5.04. The molecule has 3 rings (SSSR count). The van der Waals surface area contributed by atoms with Gasteiger partial charge in [-0.1, -0.05) is 30.0 Å². The molecule has 3 aromatic rings. The van der Waals surface area contributed by atoms with E-state index >= 15 is 0 Å². The SMILES string of the molecule is COCCCn1c(C)cc(C(=O)CSc2ncn(-c3ccccc3)n2)c1C. The average Bonchev–Trinajstić information content (AvgIpc) is 3.27. The Hall–Kier alpha value is -2.38. The summed E-state index contributed by atoms with van der Waals surface area (Å²) in [6.45, 7) is 5.60. The summed E-state index contributed by atoms with van der Waals surface area (Å²) in [6, 6.07) is 11.8. The molecule has 0 unspecified atom stereocenters. The lowest BCUT2D eigenvalue weighted by molar-refractivity contribution is 0.102. The maximum atomic E-state index is 12.7. The first-order valence-corrected chi connectivity index (χ1v) is 9.87. The van der Waals surface area contributed by atoms with E-state index in [0.29, 0.717) is 17.5 Å². The number of rotatable bonds is 9. The van der Waals surface area contributed by atoms with Crippen molar-refractivity contribution in [3.8, 4) is 5.69 Å². The maximum Gasteiger partial charge on any atom is 0.209 e. The van der Waals surface area contributed by atoms with Crippen LogP contribution in [-0.4, -0.2) is 44.6 Å². The van der Waals surface area contributed by atoms with Gasteiger partial charge in [0, 0.05) is 37.2 Å². The van der Waals surface area contributed by atoms with Crippen molar-refractivity contribution in [2.24, 2.45) is 0 Å². The number of ether oxygens (including phenoxy) is 1. The fraction of sp³-hybridized carbons (Fsp3) is 0.350. The predicted octanol–water partition coefficient (Wildman–Crippen LogP) is 3.70. The smallest absolute Gasteiger partial charge is 0.209 e. The molecule has 2 aromatic heterocycles. The van der Waals surface area contributed by atoms with Gasteiger partial charge < -0.3 is 9.30 Å². The number of carbonyl (C=O) groups excluding carboxylic acids is 1. The minimum absolute atomic E-state index is 0.0992. The summed E-state index contributed by atoms with van der Waals surface area (Å²) < 4.78 is 9.02. The van der Waals surface area contributed by atoms with Gasteiger partial charge in [0.15, 0.2) is 5.78 Å². The van der Waals surface area contributed by atoms with Gasteiger partial charge in [0.1, 0.15) is 6.33 Å². The number of hydrogen-bond donors (Lipinski definition) is 0. The highest BCUT2D eigenvalue weighted by Gasteiger charge is 2.16. The molecule has 142 valence electrons. The number of ketones is 1. The lowest BCUT2D eigenvalue weighted by atomic mass is 10.2. The van der Waals surface area contributed by atoms with Crippen LogP contribution in [0.5, 0.6) is 0 Å².